The summed E-state index contributed by atoms with van der Waals surface area (Å²) in [6.45, 7) is 18.0. The summed E-state index contributed by atoms with van der Waals surface area (Å²) < 4.78 is 12.6. The van der Waals surface area contributed by atoms with Crippen molar-refractivity contribution in [2.45, 2.75) is 162 Å². The highest BCUT2D eigenvalue weighted by Crippen LogP contribution is 2.36. The summed E-state index contributed by atoms with van der Waals surface area (Å²) in [5.74, 6) is 9.94. The normalized spacial score (nSPS) is 23.3. The molecule has 2 aliphatic heterocycles. The van der Waals surface area contributed by atoms with Gasteiger partial charge in [-0.2, -0.15) is 0 Å². The molecule has 15 nitrogen and oxygen atoms in total. The molecule has 2 saturated heterocycles. The van der Waals surface area contributed by atoms with E-state index in [0.29, 0.717) is 58.0 Å². The van der Waals surface area contributed by atoms with Crippen LogP contribution in [0.5, 0.6) is 0 Å². The molecule has 2 aromatic carbocycles. The van der Waals surface area contributed by atoms with Gasteiger partial charge in [0.15, 0.2) is 0 Å². The van der Waals surface area contributed by atoms with Crippen LogP contribution in [0.1, 0.15) is 129 Å². The van der Waals surface area contributed by atoms with Crippen LogP contribution in [0.25, 0.3) is 0 Å². The number of carbonyl (C=O) groups is 6. The number of benzene rings is 2. The topological polar surface area (TPSA) is 188 Å². The number of rotatable bonds is 16. The van der Waals surface area contributed by atoms with Gasteiger partial charge in [0.05, 0.1) is 30.3 Å². The summed E-state index contributed by atoms with van der Waals surface area (Å²) >= 11 is 0. The molecule has 2 fully saturated rings. The Labute approximate surface area is 415 Å². The lowest BCUT2D eigenvalue weighted by molar-refractivity contribution is -0.144. The molecule has 0 saturated carbocycles. The van der Waals surface area contributed by atoms with Crippen molar-refractivity contribution in [1.29, 1.82) is 0 Å². The molecular formula is C55H75N7O8. The quantitative estimate of drug-likeness (QED) is 0.153. The van der Waals surface area contributed by atoms with Gasteiger partial charge >= 0.3 is 0 Å². The van der Waals surface area contributed by atoms with Crippen molar-refractivity contribution in [3.8, 4) is 23.7 Å². The molecule has 0 radical (unpaired) electrons. The van der Waals surface area contributed by atoms with Crippen molar-refractivity contribution < 1.29 is 38.2 Å². The Balaban J connectivity index is 1.05. The molecule has 0 aromatic heterocycles. The lowest BCUT2D eigenvalue weighted by Crippen LogP contribution is -2.59. The number of fused-ring (bicyclic) bond motifs is 2. The Morgan fingerprint density at radius 2 is 1.07 bits per heavy atom. The van der Waals surface area contributed by atoms with Crippen molar-refractivity contribution in [1.82, 2.24) is 36.4 Å². The summed E-state index contributed by atoms with van der Waals surface area (Å²) in [6, 6.07) is 11.4. The van der Waals surface area contributed by atoms with Gasteiger partial charge in [-0.1, -0.05) is 116 Å². The first-order valence-electron chi connectivity index (χ1n) is 25.1. The molecule has 378 valence electrons. The van der Waals surface area contributed by atoms with Gasteiger partial charge in [0.2, 0.25) is 35.4 Å². The standard InChI is InChI=1S/C55H75N7O8/c1-11-34(2)48(63)59-46(54(4,5)6)52(67)61-28-20-26-40(61)50(65)57-44-38-24-16-14-22-36(38)32-42(44)69-30-18-12-13-19-31-70-43-33-37-23-15-17-25-39(37)45(43)58-51(66)41-27-21-29-62(41)53(68)47(55(7,8)9)60-49(64)35(3)56-10/h14-17,22-25,34-35,40-47,56H,11,20-21,26-33H2,1-10H3,(H,57,65)(H,58,66)(H,59,63)(H,60,64)/t34-,35+,40?,41+,42-,43-,44+,45+,46-,47-/m1/s1. The van der Waals surface area contributed by atoms with E-state index < -0.39 is 65.3 Å². The van der Waals surface area contributed by atoms with Gasteiger partial charge in [0.1, 0.15) is 37.4 Å². The molecule has 2 aromatic rings. The number of hydrogen-bond donors (Lipinski definition) is 5. The molecule has 2 aliphatic carbocycles. The van der Waals surface area contributed by atoms with E-state index in [1.165, 1.54) is 0 Å². The van der Waals surface area contributed by atoms with Crippen LogP contribution in [0, 0.1) is 40.4 Å². The van der Waals surface area contributed by atoms with Gasteiger partial charge in [0.25, 0.3) is 0 Å². The second kappa shape index (κ2) is 23.4. The summed E-state index contributed by atoms with van der Waals surface area (Å²) in [4.78, 5) is 85.4. The van der Waals surface area contributed by atoms with Crippen LogP contribution < -0.4 is 26.6 Å². The van der Waals surface area contributed by atoms with Crippen molar-refractivity contribution in [2.75, 3.05) is 33.4 Å². The highest BCUT2D eigenvalue weighted by atomic mass is 16.5. The molecule has 6 amide bonds. The van der Waals surface area contributed by atoms with E-state index in [0.717, 1.165) is 22.3 Å². The van der Waals surface area contributed by atoms with Gasteiger partial charge in [0, 0.05) is 31.8 Å². The molecule has 4 aliphatic rings. The Hall–Kier alpha value is -5.74. The molecule has 5 N–H and O–H groups in total. The molecule has 0 spiro atoms. The Bertz CT molecular complexity index is 2200. The smallest absolute Gasteiger partial charge is 0.246 e. The largest absolute Gasteiger partial charge is 0.363 e. The summed E-state index contributed by atoms with van der Waals surface area (Å²) in [5.41, 5.74) is 2.89. The van der Waals surface area contributed by atoms with Crippen LogP contribution in [0.15, 0.2) is 48.5 Å². The maximum absolute atomic E-state index is 14.1. The third-order valence-corrected chi connectivity index (χ3v) is 14.3. The van der Waals surface area contributed by atoms with E-state index in [2.05, 4.69) is 50.3 Å². The predicted molar refractivity (Wildman–Crippen MR) is 267 cm³/mol. The molecule has 0 bridgehead atoms. The van der Waals surface area contributed by atoms with E-state index in [1.807, 2.05) is 104 Å². The number of likely N-dealkylation sites (tertiary alicyclic amines) is 2. The third-order valence-electron chi connectivity index (χ3n) is 14.3. The molecule has 2 heterocycles. The fourth-order valence-electron chi connectivity index (χ4n) is 9.83. The van der Waals surface area contributed by atoms with Crippen molar-refractivity contribution in [3.63, 3.8) is 0 Å². The van der Waals surface area contributed by atoms with Crippen LogP contribution in [0.3, 0.4) is 0 Å². The zero-order chi connectivity index (χ0) is 50.9. The third kappa shape index (κ3) is 12.8. The second-order valence-corrected chi connectivity index (χ2v) is 21.4. The maximum Gasteiger partial charge on any atom is 0.246 e. The maximum atomic E-state index is 14.1. The van der Waals surface area contributed by atoms with Crippen LogP contribution in [-0.4, -0.2) is 121 Å². The lowest BCUT2D eigenvalue weighted by Gasteiger charge is -2.36. The van der Waals surface area contributed by atoms with E-state index in [1.54, 1.807) is 23.8 Å². The highest BCUT2D eigenvalue weighted by Gasteiger charge is 2.46. The SMILES string of the molecule is CC[C@@H](C)C(=O)N[C@H](C(=O)N1CCCC1C(=O)N[C@H]1c2ccccc2C[C@H]1OCC#CC#CCO[C@@H]1Cc2ccccc2[C@@H]1NC(=O)[C@@H]1CCCN1C(=O)[C@@H](NC(=O)[C@H](C)NC)C(C)(C)C)C(C)(C)C. The number of ether oxygens (including phenoxy) is 2. The zero-order valence-electron chi connectivity index (χ0n) is 42.8. The van der Waals surface area contributed by atoms with E-state index >= 15 is 0 Å². The molecule has 10 atom stereocenters. The Kier molecular flexibility index (Phi) is 18.0. The fourth-order valence-corrected chi connectivity index (χ4v) is 9.83. The minimum atomic E-state index is -0.817. The van der Waals surface area contributed by atoms with Gasteiger partial charge in [-0.05, 0) is 91.0 Å². The highest BCUT2D eigenvalue weighted by molar-refractivity contribution is 5.95. The van der Waals surface area contributed by atoms with Crippen molar-refractivity contribution in [2.24, 2.45) is 16.7 Å². The van der Waals surface area contributed by atoms with E-state index in [-0.39, 0.29) is 54.6 Å². The fraction of sp³-hybridized carbons (Fsp3) is 0.600. The number of likely N-dealkylation sites (N-methyl/N-ethyl adjacent to an activating group) is 1. The lowest BCUT2D eigenvalue weighted by atomic mass is 9.85. The van der Waals surface area contributed by atoms with Gasteiger partial charge < -0.3 is 45.9 Å². The van der Waals surface area contributed by atoms with Gasteiger partial charge in [-0.3, -0.25) is 28.8 Å². The number of carbonyl (C=O) groups excluding carboxylic acids is 6. The summed E-state index contributed by atoms with van der Waals surface area (Å²) in [6.07, 6.45) is 3.37. The van der Waals surface area contributed by atoms with Gasteiger partial charge in [-0.15, -0.1) is 0 Å². The minimum Gasteiger partial charge on any atom is -0.363 e. The molecule has 70 heavy (non-hydrogen) atoms. The first-order chi connectivity index (χ1) is 33.2. The number of nitrogens with zero attached hydrogens (tertiary/aromatic N) is 2. The van der Waals surface area contributed by atoms with Crippen LogP contribution in [-0.2, 0) is 51.1 Å². The monoisotopic (exact) mass is 962 g/mol. The van der Waals surface area contributed by atoms with Gasteiger partial charge in [-0.25, -0.2) is 0 Å². The Morgan fingerprint density at radius 1 is 0.657 bits per heavy atom. The molecule has 6 rings (SSSR count). The van der Waals surface area contributed by atoms with E-state index in [4.69, 9.17) is 9.47 Å². The predicted octanol–water partition coefficient (Wildman–Crippen LogP) is 4.29. The van der Waals surface area contributed by atoms with Crippen LogP contribution in [0.4, 0.5) is 0 Å². The number of nitrogens with one attached hydrogen (secondary N) is 5. The first-order valence-corrected chi connectivity index (χ1v) is 25.1. The first kappa shape index (κ1) is 53.6. The van der Waals surface area contributed by atoms with Crippen LogP contribution >= 0.6 is 0 Å². The summed E-state index contributed by atoms with van der Waals surface area (Å²) in [5, 5.41) is 15.3. The minimum absolute atomic E-state index is 0.0695. The molecular weight excluding hydrogens is 887 g/mol. The van der Waals surface area contributed by atoms with Crippen molar-refractivity contribution in [3.05, 3.63) is 70.8 Å². The number of hydrogen-bond acceptors (Lipinski definition) is 9. The molecule has 1 unspecified atom stereocenters. The van der Waals surface area contributed by atoms with Crippen LogP contribution in [0.2, 0.25) is 0 Å². The average Bonchev–Trinajstić information content (AvgIpc) is 4.15. The number of amides is 6. The van der Waals surface area contributed by atoms with E-state index in [9.17, 15) is 28.8 Å². The van der Waals surface area contributed by atoms with Crippen molar-refractivity contribution >= 4 is 35.4 Å². The Morgan fingerprint density at radius 3 is 1.47 bits per heavy atom. The molecule has 15 heteroatoms. The zero-order valence-corrected chi connectivity index (χ0v) is 42.8. The summed E-state index contributed by atoms with van der Waals surface area (Å²) in [7, 11) is 1.69. The average molecular weight is 962 g/mol. The second-order valence-electron chi connectivity index (χ2n) is 21.4.